The van der Waals surface area contributed by atoms with Gasteiger partial charge in [-0.05, 0) is 24.3 Å². The topological polar surface area (TPSA) is 106 Å². The number of H-pyrrole nitrogens is 1. The fourth-order valence-corrected chi connectivity index (χ4v) is 3.57. The fraction of sp³-hybridized carbons (Fsp3) is 0.200. The van der Waals surface area contributed by atoms with Gasteiger partial charge < -0.3 is 14.6 Å². The minimum absolute atomic E-state index is 0.113. The maximum Gasteiger partial charge on any atom is 0.337 e. The molecule has 28 heavy (non-hydrogen) atoms. The Morgan fingerprint density at radius 2 is 2.00 bits per heavy atom. The smallest absolute Gasteiger partial charge is 0.337 e. The van der Waals surface area contributed by atoms with Gasteiger partial charge in [0.05, 0.1) is 17.6 Å². The lowest BCUT2D eigenvalue weighted by Crippen LogP contribution is -2.35. The molecule has 0 unspecified atom stereocenters. The van der Waals surface area contributed by atoms with E-state index in [9.17, 15) is 19.7 Å². The number of nitro groups is 1. The lowest BCUT2D eigenvalue weighted by Gasteiger charge is -2.27. The first-order valence-electron chi connectivity index (χ1n) is 8.73. The van der Waals surface area contributed by atoms with Gasteiger partial charge in [-0.2, -0.15) is 0 Å². The van der Waals surface area contributed by atoms with Gasteiger partial charge in [0.25, 0.3) is 11.6 Å². The molecular weight excluding hydrogens is 362 g/mol. The van der Waals surface area contributed by atoms with Gasteiger partial charge in [-0.1, -0.05) is 6.07 Å². The molecule has 0 aliphatic carbocycles. The molecule has 8 nitrogen and oxygen atoms in total. The predicted octanol–water partition coefficient (Wildman–Crippen LogP) is 3.06. The van der Waals surface area contributed by atoms with Crippen LogP contribution in [0.15, 0.2) is 42.5 Å². The summed E-state index contributed by atoms with van der Waals surface area (Å²) in [6.45, 7) is 0.868. The predicted molar refractivity (Wildman–Crippen MR) is 101 cm³/mol. The first-order valence-corrected chi connectivity index (χ1v) is 8.73. The Morgan fingerprint density at radius 1 is 1.18 bits per heavy atom. The summed E-state index contributed by atoms with van der Waals surface area (Å²) in [6, 6.07) is 11.0. The molecule has 2 aromatic carbocycles. The Hall–Kier alpha value is -3.68. The van der Waals surface area contributed by atoms with Crippen LogP contribution >= 0.6 is 0 Å². The zero-order valence-electron chi connectivity index (χ0n) is 15.1. The van der Waals surface area contributed by atoms with E-state index in [-0.39, 0.29) is 17.2 Å². The van der Waals surface area contributed by atoms with Crippen LogP contribution in [0.2, 0.25) is 0 Å². The molecule has 2 heterocycles. The number of amides is 1. The van der Waals surface area contributed by atoms with Crippen molar-refractivity contribution in [2.45, 2.75) is 13.0 Å². The number of hydrogen-bond donors (Lipinski definition) is 1. The number of rotatable bonds is 3. The number of hydrogen-bond acceptors (Lipinski definition) is 5. The maximum absolute atomic E-state index is 12.9. The van der Waals surface area contributed by atoms with Crippen LogP contribution in [0.5, 0.6) is 0 Å². The number of fused-ring (bicyclic) bond motifs is 3. The van der Waals surface area contributed by atoms with Crippen molar-refractivity contribution in [1.82, 2.24) is 9.88 Å². The van der Waals surface area contributed by atoms with E-state index in [2.05, 4.69) is 4.98 Å². The molecule has 0 spiro atoms. The second kappa shape index (κ2) is 6.80. The van der Waals surface area contributed by atoms with Crippen LogP contribution in [0.3, 0.4) is 0 Å². The van der Waals surface area contributed by atoms with Crippen molar-refractivity contribution in [1.29, 1.82) is 0 Å². The lowest BCUT2D eigenvalue weighted by molar-refractivity contribution is -0.384. The Morgan fingerprint density at radius 3 is 2.75 bits per heavy atom. The molecule has 142 valence electrons. The summed E-state index contributed by atoms with van der Waals surface area (Å²) in [5.74, 6) is -0.676. The number of benzene rings is 2. The van der Waals surface area contributed by atoms with E-state index >= 15 is 0 Å². The number of methoxy groups -OCH3 is 1. The van der Waals surface area contributed by atoms with Gasteiger partial charge >= 0.3 is 5.97 Å². The third-order valence-corrected chi connectivity index (χ3v) is 4.99. The number of ether oxygens (including phenoxy) is 1. The minimum Gasteiger partial charge on any atom is -0.465 e. The molecule has 4 rings (SSSR count). The highest BCUT2D eigenvalue weighted by molar-refractivity contribution is 5.97. The van der Waals surface area contributed by atoms with Crippen LogP contribution in [0.1, 0.15) is 32.0 Å². The number of carbonyl (C=O) groups is 2. The molecule has 1 aliphatic rings. The number of carbonyl (C=O) groups excluding carboxylic acids is 2. The first kappa shape index (κ1) is 17.7. The molecule has 0 radical (unpaired) electrons. The minimum atomic E-state index is -0.515. The third-order valence-electron chi connectivity index (χ3n) is 4.99. The van der Waals surface area contributed by atoms with Crippen LogP contribution < -0.4 is 0 Å². The number of esters is 1. The quantitative estimate of drug-likeness (QED) is 0.428. The largest absolute Gasteiger partial charge is 0.465 e. The van der Waals surface area contributed by atoms with E-state index in [4.69, 9.17) is 4.74 Å². The van der Waals surface area contributed by atoms with Gasteiger partial charge in [-0.15, -0.1) is 0 Å². The van der Waals surface area contributed by atoms with Crippen molar-refractivity contribution >= 4 is 28.5 Å². The number of aromatic amines is 1. The molecule has 8 heteroatoms. The van der Waals surface area contributed by atoms with Crippen LogP contribution in [0.25, 0.3) is 10.9 Å². The number of nitrogens with zero attached hydrogens (tertiary/aromatic N) is 2. The average Bonchev–Trinajstić information content (AvgIpc) is 3.09. The van der Waals surface area contributed by atoms with E-state index in [1.54, 1.807) is 23.1 Å². The van der Waals surface area contributed by atoms with Crippen LogP contribution in [-0.4, -0.2) is 40.3 Å². The molecule has 0 fully saturated rings. The highest BCUT2D eigenvalue weighted by Crippen LogP contribution is 2.29. The average molecular weight is 379 g/mol. The van der Waals surface area contributed by atoms with Gasteiger partial charge in [0, 0.05) is 59.4 Å². The molecule has 0 atom stereocenters. The van der Waals surface area contributed by atoms with Gasteiger partial charge in [-0.25, -0.2) is 4.79 Å². The molecule has 0 saturated heterocycles. The Labute approximate surface area is 159 Å². The number of aromatic nitrogens is 1. The van der Waals surface area contributed by atoms with E-state index in [0.29, 0.717) is 25.1 Å². The van der Waals surface area contributed by atoms with Crippen molar-refractivity contribution < 1.29 is 19.2 Å². The summed E-state index contributed by atoms with van der Waals surface area (Å²) in [7, 11) is 1.33. The second-order valence-electron chi connectivity index (χ2n) is 6.62. The third kappa shape index (κ3) is 2.98. The van der Waals surface area contributed by atoms with Crippen molar-refractivity contribution in [3.05, 3.63) is 75.0 Å². The summed E-state index contributed by atoms with van der Waals surface area (Å²) in [6.07, 6.45) is 0.637. The van der Waals surface area contributed by atoms with Crippen molar-refractivity contribution in [3.8, 4) is 0 Å². The molecule has 0 bridgehead atoms. The van der Waals surface area contributed by atoms with Gasteiger partial charge in [-0.3, -0.25) is 14.9 Å². The molecule has 1 aromatic heterocycles. The second-order valence-corrected chi connectivity index (χ2v) is 6.62. The monoisotopic (exact) mass is 379 g/mol. The fourth-order valence-electron chi connectivity index (χ4n) is 3.57. The molecule has 1 N–H and O–H groups in total. The van der Waals surface area contributed by atoms with Gasteiger partial charge in [0.2, 0.25) is 0 Å². The number of non-ortho nitro benzene ring substituents is 1. The molecule has 3 aromatic rings. The van der Waals surface area contributed by atoms with E-state index in [1.165, 1.54) is 25.3 Å². The normalized spacial score (nSPS) is 13.2. The Balaban J connectivity index is 1.67. The van der Waals surface area contributed by atoms with Crippen molar-refractivity contribution in [2.24, 2.45) is 0 Å². The molecular formula is C20H17N3O5. The zero-order valence-corrected chi connectivity index (χ0v) is 15.1. The molecule has 1 amide bonds. The van der Waals surface area contributed by atoms with Crippen molar-refractivity contribution in [2.75, 3.05) is 13.7 Å². The highest BCUT2D eigenvalue weighted by atomic mass is 16.6. The van der Waals surface area contributed by atoms with E-state index < -0.39 is 10.9 Å². The van der Waals surface area contributed by atoms with Crippen LogP contribution in [0.4, 0.5) is 5.69 Å². The summed E-state index contributed by atoms with van der Waals surface area (Å²) >= 11 is 0. The Kier molecular flexibility index (Phi) is 4.31. The summed E-state index contributed by atoms with van der Waals surface area (Å²) in [4.78, 5) is 40.2. The van der Waals surface area contributed by atoms with Crippen LogP contribution in [0, 0.1) is 10.1 Å². The Bertz CT molecular complexity index is 1120. The lowest BCUT2D eigenvalue weighted by atomic mass is 10.0. The number of nitrogens with one attached hydrogen (secondary N) is 1. The van der Waals surface area contributed by atoms with Crippen LogP contribution in [-0.2, 0) is 17.7 Å². The van der Waals surface area contributed by atoms with Gasteiger partial charge in [0.15, 0.2) is 0 Å². The number of nitro benzene ring substituents is 1. The highest BCUT2D eigenvalue weighted by Gasteiger charge is 2.26. The summed E-state index contributed by atoms with van der Waals surface area (Å²) < 4.78 is 4.78. The van der Waals surface area contributed by atoms with E-state index in [0.717, 1.165) is 22.2 Å². The standard InChI is InChI=1S/C20H17N3O5/c1-28-20(25)13-5-6-17-15(10-13)16-11-22(8-7-18(16)21-17)19(24)12-3-2-4-14(9-12)23(26)27/h2-6,9-10,21H,7-8,11H2,1H3. The summed E-state index contributed by atoms with van der Waals surface area (Å²) in [5.41, 5.74) is 3.48. The van der Waals surface area contributed by atoms with Gasteiger partial charge in [0.1, 0.15) is 0 Å². The molecule has 0 saturated carbocycles. The summed E-state index contributed by atoms with van der Waals surface area (Å²) in [5, 5.41) is 11.8. The SMILES string of the molecule is COC(=O)c1ccc2[nH]c3c(c2c1)CN(C(=O)c1cccc([N+](=O)[O-])c1)CC3. The molecule has 1 aliphatic heterocycles. The zero-order chi connectivity index (χ0) is 19.8. The van der Waals surface area contributed by atoms with Crippen molar-refractivity contribution in [3.63, 3.8) is 0 Å². The van der Waals surface area contributed by atoms with E-state index in [1.807, 2.05) is 6.07 Å². The maximum atomic E-state index is 12.9. The first-order chi connectivity index (χ1) is 13.5.